The van der Waals surface area contributed by atoms with Gasteiger partial charge in [0.1, 0.15) is 6.61 Å². The molecule has 0 saturated carbocycles. The number of carbonyl (C=O) groups is 1. The molecule has 2 aromatic carbocycles. The van der Waals surface area contributed by atoms with Gasteiger partial charge in [0.2, 0.25) is 0 Å². The van der Waals surface area contributed by atoms with Crippen molar-refractivity contribution < 1.29 is 9.53 Å². The molecular formula is C25H32N4O3. The van der Waals surface area contributed by atoms with E-state index in [2.05, 4.69) is 28.9 Å². The molecule has 4 rings (SSSR count). The molecule has 1 aliphatic heterocycles. The number of aromatic nitrogens is 2. The Morgan fingerprint density at radius 3 is 2.53 bits per heavy atom. The molecule has 2 heterocycles. The van der Waals surface area contributed by atoms with Gasteiger partial charge in [-0.3, -0.25) is 9.47 Å². The van der Waals surface area contributed by atoms with E-state index >= 15 is 0 Å². The Balaban J connectivity index is 1.26. The van der Waals surface area contributed by atoms with Crippen molar-refractivity contribution in [2.24, 2.45) is 0 Å². The third-order valence-corrected chi connectivity index (χ3v) is 6.13. The summed E-state index contributed by atoms with van der Waals surface area (Å²) in [6, 6.07) is 18.2. The molecule has 0 bridgehead atoms. The van der Waals surface area contributed by atoms with Gasteiger partial charge in [0.15, 0.2) is 0 Å². The zero-order valence-corrected chi connectivity index (χ0v) is 18.7. The van der Waals surface area contributed by atoms with Crippen molar-refractivity contribution in [2.75, 3.05) is 32.8 Å². The van der Waals surface area contributed by atoms with E-state index in [-0.39, 0.29) is 17.8 Å². The predicted octanol–water partition coefficient (Wildman–Crippen LogP) is 4.02. The lowest BCUT2D eigenvalue weighted by Gasteiger charge is -2.32. The van der Waals surface area contributed by atoms with Crippen LogP contribution in [0.3, 0.4) is 0 Å². The first-order valence-electron chi connectivity index (χ1n) is 11.5. The summed E-state index contributed by atoms with van der Waals surface area (Å²) in [6.45, 7) is 6.28. The largest absolute Gasteiger partial charge is 0.448 e. The van der Waals surface area contributed by atoms with Crippen molar-refractivity contribution in [3.05, 3.63) is 70.6 Å². The molecule has 0 atom stereocenters. The molecule has 1 amide bonds. The van der Waals surface area contributed by atoms with Crippen LogP contribution >= 0.6 is 0 Å². The fourth-order valence-corrected chi connectivity index (χ4v) is 4.52. The number of aromatic amines is 1. The molecule has 1 fully saturated rings. The molecule has 0 aliphatic carbocycles. The highest BCUT2D eigenvalue weighted by molar-refractivity contribution is 5.75. The minimum absolute atomic E-state index is 0.0818. The average Bonchev–Trinajstić information content (AvgIpc) is 3.15. The van der Waals surface area contributed by atoms with Gasteiger partial charge in [-0.25, -0.2) is 9.59 Å². The van der Waals surface area contributed by atoms with Gasteiger partial charge in [-0.1, -0.05) is 49.4 Å². The Morgan fingerprint density at radius 2 is 1.78 bits per heavy atom. The number of hydrogen-bond donors (Lipinski definition) is 1. The fraction of sp³-hybridized carbons (Fsp3) is 0.440. The van der Waals surface area contributed by atoms with Gasteiger partial charge < -0.3 is 14.6 Å². The van der Waals surface area contributed by atoms with Gasteiger partial charge in [0.05, 0.1) is 11.0 Å². The number of piperidine rings is 1. The number of para-hydroxylation sites is 2. The van der Waals surface area contributed by atoms with Crippen molar-refractivity contribution in [3.63, 3.8) is 0 Å². The first kappa shape index (κ1) is 22.1. The van der Waals surface area contributed by atoms with E-state index in [0.717, 1.165) is 49.9 Å². The van der Waals surface area contributed by atoms with Gasteiger partial charge in [0, 0.05) is 32.2 Å². The molecule has 7 heteroatoms. The summed E-state index contributed by atoms with van der Waals surface area (Å²) in [5, 5.41) is 0. The maximum Gasteiger partial charge on any atom is 0.409 e. The Labute approximate surface area is 188 Å². The molecule has 0 spiro atoms. The lowest BCUT2D eigenvalue weighted by Crippen LogP contribution is -2.41. The number of imidazole rings is 1. The topological polar surface area (TPSA) is 70.6 Å². The number of nitrogens with one attached hydrogen (secondary N) is 1. The van der Waals surface area contributed by atoms with E-state index in [1.165, 1.54) is 5.56 Å². The first-order valence-corrected chi connectivity index (χ1v) is 11.5. The van der Waals surface area contributed by atoms with Crippen molar-refractivity contribution in [3.8, 4) is 0 Å². The molecule has 1 saturated heterocycles. The maximum atomic E-state index is 12.6. The normalized spacial score (nSPS) is 14.9. The highest BCUT2D eigenvalue weighted by atomic mass is 16.6. The van der Waals surface area contributed by atoms with Crippen molar-refractivity contribution in [1.29, 1.82) is 0 Å². The van der Waals surface area contributed by atoms with Crippen LogP contribution in [0.1, 0.15) is 37.8 Å². The third kappa shape index (κ3) is 5.22. The van der Waals surface area contributed by atoms with Crippen LogP contribution in [0.25, 0.3) is 11.0 Å². The Hall–Kier alpha value is -3.06. The van der Waals surface area contributed by atoms with Crippen LogP contribution in [0.4, 0.5) is 4.79 Å². The van der Waals surface area contributed by atoms with Crippen molar-refractivity contribution in [2.45, 2.75) is 38.8 Å². The van der Waals surface area contributed by atoms with Crippen molar-refractivity contribution >= 4 is 17.1 Å². The minimum Gasteiger partial charge on any atom is -0.448 e. The lowest BCUT2D eigenvalue weighted by atomic mass is 10.0. The molecule has 1 N–H and O–H groups in total. The molecular weight excluding hydrogens is 404 g/mol. The number of H-pyrrole nitrogens is 1. The number of fused-ring (bicyclic) bond motifs is 1. The van der Waals surface area contributed by atoms with Crippen LogP contribution in [-0.4, -0.2) is 58.2 Å². The van der Waals surface area contributed by atoms with Gasteiger partial charge in [-0.2, -0.15) is 0 Å². The van der Waals surface area contributed by atoms with E-state index in [0.29, 0.717) is 19.7 Å². The smallest absolute Gasteiger partial charge is 0.409 e. The number of ether oxygens (including phenoxy) is 1. The summed E-state index contributed by atoms with van der Waals surface area (Å²) in [5.74, 6) is 0. The zero-order chi connectivity index (χ0) is 22.3. The minimum atomic E-state index is -0.258. The van der Waals surface area contributed by atoms with E-state index in [1.807, 2.05) is 47.0 Å². The number of nitrogens with zero attached hydrogens (tertiary/aromatic N) is 3. The SMILES string of the molecule is CCCN(CCOC(=O)N1CCC(n2c(=O)[nH]c3ccccc32)CC1)Cc1ccccc1. The predicted molar refractivity (Wildman–Crippen MR) is 126 cm³/mol. The van der Waals surface area contributed by atoms with E-state index < -0.39 is 0 Å². The fourth-order valence-electron chi connectivity index (χ4n) is 4.52. The van der Waals surface area contributed by atoms with Crippen molar-refractivity contribution in [1.82, 2.24) is 19.4 Å². The number of carbonyl (C=O) groups excluding carboxylic acids is 1. The van der Waals surface area contributed by atoms with E-state index in [4.69, 9.17) is 4.74 Å². The Kier molecular flexibility index (Phi) is 7.27. The van der Waals surface area contributed by atoms with Gasteiger partial charge in [0.25, 0.3) is 0 Å². The lowest BCUT2D eigenvalue weighted by molar-refractivity contribution is 0.0779. The van der Waals surface area contributed by atoms with Crippen LogP contribution in [0.5, 0.6) is 0 Å². The van der Waals surface area contributed by atoms with Gasteiger partial charge >= 0.3 is 11.8 Å². The molecule has 1 aromatic heterocycles. The summed E-state index contributed by atoms with van der Waals surface area (Å²) in [7, 11) is 0. The highest BCUT2D eigenvalue weighted by Gasteiger charge is 2.26. The molecule has 32 heavy (non-hydrogen) atoms. The first-order chi connectivity index (χ1) is 15.7. The summed E-state index contributed by atoms with van der Waals surface area (Å²) >= 11 is 0. The van der Waals surface area contributed by atoms with Crippen LogP contribution in [0.2, 0.25) is 0 Å². The standard InChI is InChI=1S/C25H32N4O3/c1-2-14-27(19-20-8-4-3-5-9-20)17-18-32-25(31)28-15-12-21(13-16-28)29-23-11-7-6-10-22(23)26-24(29)30/h3-11,21H,2,12-19H2,1H3,(H,26,30). The second-order valence-electron chi connectivity index (χ2n) is 8.41. The van der Waals surface area contributed by atoms with E-state index in [9.17, 15) is 9.59 Å². The Morgan fingerprint density at radius 1 is 1.06 bits per heavy atom. The Bertz CT molecular complexity index is 1070. The number of hydrogen-bond acceptors (Lipinski definition) is 4. The van der Waals surface area contributed by atoms with E-state index in [1.54, 1.807) is 4.90 Å². The van der Waals surface area contributed by atoms with Crippen LogP contribution in [0, 0.1) is 0 Å². The number of benzene rings is 2. The van der Waals surface area contributed by atoms with Crippen LogP contribution in [-0.2, 0) is 11.3 Å². The second-order valence-corrected chi connectivity index (χ2v) is 8.41. The van der Waals surface area contributed by atoms with Gasteiger partial charge in [-0.05, 0) is 43.5 Å². The number of likely N-dealkylation sites (tertiary alicyclic amines) is 1. The third-order valence-electron chi connectivity index (χ3n) is 6.13. The van der Waals surface area contributed by atoms with Crippen LogP contribution in [0.15, 0.2) is 59.4 Å². The second kappa shape index (κ2) is 10.5. The maximum absolute atomic E-state index is 12.6. The molecule has 3 aromatic rings. The quantitative estimate of drug-likeness (QED) is 0.579. The summed E-state index contributed by atoms with van der Waals surface area (Å²) in [6.07, 6.45) is 2.28. The molecule has 1 aliphatic rings. The summed E-state index contributed by atoms with van der Waals surface area (Å²) in [5.41, 5.74) is 2.96. The van der Waals surface area contributed by atoms with Gasteiger partial charge in [-0.15, -0.1) is 0 Å². The number of amides is 1. The highest BCUT2D eigenvalue weighted by Crippen LogP contribution is 2.25. The monoisotopic (exact) mass is 436 g/mol. The average molecular weight is 437 g/mol. The summed E-state index contributed by atoms with van der Waals surface area (Å²) < 4.78 is 7.42. The molecule has 170 valence electrons. The molecule has 0 unspecified atom stereocenters. The number of rotatable bonds is 8. The molecule has 0 radical (unpaired) electrons. The molecule has 7 nitrogen and oxygen atoms in total. The zero-order valence-electron chi connectivity index (χ0n) is 18.7. The summed E-state index contributed by atoms with van der Waals surface area (Å²) in [4.78, 5) is 32.0. The van der Waals surface area contributed by atoms with Crippen LogP contribution < -0.4 is 5.69 Å².